The molecule has 2 unspecified atom stereocenters. The fraction of sp³-hybridized carbons (Fsp3) is 0.571. The van der Waals surface area contributed by atoms with Crippen molar-refractivity contribution in [1.29, 1.82) is 0 Å². The summed E-state index contributed by atoms with van der Waals surface area (Å²) in [5.74, 6) is 1.04. The van der Waals surface area contributed by atoms with Crippen LogP contribution in [0.1, 0.15) is 31.7 Å². The van der Waals surface area contributed by atoms with Crippen molar-refractivity contribution in [3.8, 4) is 5.75 Å². The highest BCUT2D eigenvalue weighted by Gasteiger charge is 2.28. The lowest BCUT2D eigenvalue weighted by atomic mass is 10.2. The number of para-hydroxylation sites is 1. The molecule has 1 aliphatic carbocycles. The molecule has 2 rings (SSSR count). The molecule has 0 spiro atoms. The molecule has 1 saturated carbocycles. The Morgan fingerprint density at radius 1 is 1.31 bits per heavy atom. The number of nitrogens with one attached hydrogen (secondary N) is 1. The molecule has 2 nitrogen and oxygen atoms in total. The van der Waals surface area contributed by atoms with Crippen LogP contribution < -0.4 is 10.1 Å². The van der Waals surface area contributed by atoms with Gasteiger partial charge >= 0.3 is 0 Å². The molecule has 1 aliphatic rings. The zero-order valence-electron chi connectivity index (χ0n) is 10.2. The summed E-state index contributed by atoms with van der Waals surface area (Å²) >= 11 is 0. The number of hydrogen-bond donors (Lipinski definition) is 1. The van der Waals surface area contributed by atoms with Gasteiger partial charge in [-0.25, -0.2) is 0 Å². The number of ether oxygens (including phenoxy) is 1. The van der Waals surface area contributed by atoms with E-state index in [0.717, 1.165) is 12.3 Å². The van der Waals surface area contributed by atoms with Crippen LogP contribution in [-0.2, 0) is 0 Å². The summed E-state index contributed by atoms with van der Waals surface area (Å²) in [6, 6.07) is 8.80. The van der Waals surface area contributed by atoms with Gasteiger partial charge in [0.2, 0.25) is 0 Å². The van der Waals surface area contributed by atoms with Gasteiger partial charge in [0.1, 0.15) is 11.9 Å². The van der Waals surface area contributed by atoms with E-state index in [1.54, 1.807) is 0 Å². The quantitative estimate of drug-likeness (QED) is 0.840. The smallest absolute Gasteiger partial charge is 0.122 e. The Balaban J connectivity index is 2.01. The van der Waals surface area contributed by atoms with E-state index in [4.69, 9.17) is 4.74 Å². The predicted octanol–water partition coefficient (Wildman–Crippen LogP) is 2.90. The molecule has 0 bridgehead atoms. The first kappa shape index (κ1) is 11.5. The van der Waals surface area contributed by atoms with Crippen molar-refractivity contribution in [2.45, 2.75) is 45.3 Å². The highest BCUT2D eigenvalue weighted by Crippen LogP contribution is 2.26. The Kier molecular flexibility index (Phi) is 3.83. The number of benzene rings is 1. The molecule has 88 valence electrons. The molecule has 0 radical (unpaired) electrons. The molecule has 2 atom stereocenters. The van der Waals surface area contributed by atoms with Crippen LogP contribution in [0.4, 0.5) is 0 Å². The summed E-state index contributed by atoms with van der Waals surface area (Å²) in [5, 5.41) is 3.51. The van der Waals surface area contributed by atoms with Crippen LogP contribution in [0, 0.1) is 6.92 Å². The molecule has 16 heavy (non-hydrogen) atoms. The van der Waals surface area contributed by atoms with Crippen molar-refractivity contribution in [3.05, 3.63) is 29.8 Å². The molecule has 1 fully saturated rings. The molecule has 0 saturated heterocycles. The van der Waals surface area contributed by atoms with E-state index in [1.807, 2.05) is 6.07 Å². The van der Waals surface area contributed by atoms with E-state index in [0.29, 0.717) is 12.1 Å². The van der Waals surface area contributed by atoms with E-state index >= 15 is 0 Å². The van der Waals surface area contributed by atoms with E-state index in [-0.39, 0.29) is 0 Å². The fourth-order valence-corrected chi connectivity index (χ4v) is 2.41. The van der Waals surface area contributed by atoms with Crippen molar-refractivity contribution in [3.63, 3.8) is 0 Å². The number of aryl methyl sites for hydroxylation is 1. The van der Waals surface area contributed by atoms with E-state index in [9.17, 15) is 0 Å². The zero-order chi connectivity index (χ0) is 11.4. The normalized spacial score (nSPS) is 24.6. The number of likely N-dealkylation sites (N-methyl/N-ethyl adjacent to an activating group) is 1. The second-order valence-electron chi connectivity index (χ2n) is 4.52. The first-order chi connectivity index (χ1) is 7.81. The van der Waals surface area contributed by atoms with Gasteiger partial charge in [-0.3, -0.25) is 0 Å². The molecule has 1 N–H and O–H groups in total. The van der Waals surface area contributed by atoms with Gasteiger partial charge in [-0.15, -0.1) is 0 Å². The summed E-state index contributed by atoms with van der Waals surface area (Å²) in [4.78, 5) is 0. The molecule has 0 amide bonds. The van der Waals surface area contributed by atoms with Crippen molar-refractivity contribution in [1.82, 2.24) is 5.32 Å². The molecule has 0 aliphatic heterocycles. The lowest BCUT2D eigenvalue weighted by Crippen LogP contribution is -2.38. The molecule has 0 aromatic heterocycles. The number of rotatable bonds is 4. The topological polar surface area (TPSA) is 21.3 Å². The largest absolute Gasteiger partial charge is 0.489 e. The first-order valence-electron chi connectivity index (χ1n) is 6.27. The van der Waals surface area contributed by atoms with Gasteiger partial charge in [0.15, 0.2) is 0 Å². The second-order valence-corrected chi connectivity index (χ2v) is 4.52. The molecular weight excluding hydrogens is 198 g/mol. The highest BCUT2D eigenvalue weighted by atomic mass is 16.5. The summed E-state index contributed by atoms with van der Waals surface area (Å²) in [7, 11) is 0. The monoisotopic (exact) mass is 219 g/mol. The Labute approximate surface area is 98.0 Å². The van der Waals surface area contributed by atoms with Crippen LogP contribution in [-0.4, -0.2) is 18.7 Å². The van der Waals surface area contributed by atoms with E-state index < -0.39 is 0 Å². The Bertz CT molecular complexity index is 337. The predicted molar refractivity (Wildman–Crippen MR) is 66.9 cm³/mol. The van der Waals surface area contributed by atoms with E-state index in [2.05, 4.69) is 37.4 Å². The van der Waals surface area contributed by atoms with Crippen molar-refractivity contribution in [2.75, 3.05) is 6.54 Å². The third kappa shape index (κ3) is 2.56. The minimum Gasteiger partial charge on any atom is -0.489 e. The summed E-state index contributed by atoms with van der Waals surface area (Å²) in [6.07, 6.45) is 4.03. The molecule has 1 aromatic carbocycles. The maximum absolute atomic E-state index is 6.11. The maximum Gasteiger partial charge on any atom is 0.122 e. The number of hydrogen-bond acceptors (Lipinski definition) is 2. The van der Waals surface area contributed by atoms with Gasteiger partial charge in [0, 0.05) is 6.04 Å². The minimum absolute atomic E-state index is 0.348. The molecule has 2 heteroatoms. The van der Waals surface area contributed by atoms with Gasteiger partial charge < -0.3 is 10.1 Å². The Hall–Kier alpha value is -1.02. The van der Waals surface area contributed by atoms with Crippen molar-refractivity contribution < 1.29 is 4.74 Å². The Morgan fingerprint density at radius 2 is 2.12 bits per heavy atom. The standard InChI is InChI=1S/C14H21NO/c1-3-15-12-8-6-10-14(12)16-13-9-5-4-7-11(13)2/h4-5,7,9,12,14-15H,3,6,8,10H2,1-2H3. The molecule has 0 heterocycles. The maximum atomic E-state index is 6.11. The van der Waals surface area contributed by atoms with Gasteiger partial charge in [-0.2, -0.15) is 0 Å². The third-order valence-corrected chi connectivity index (χ3v) is 3.29. The second kappa shape index (κ2) is 5.35. The van der Waals surface area contributed by atoms with E-state index in [1.165, 1.54) is 24.8 Å². The SMILES string of the molecule is CCNC1CCCC1Oc1ccccc1C. The van der Waals surface area contributed by atoms with Crippen LogP contribution in [0.25, 0.3) is 0 Å². The van der Waals surface area contributed by atoms with Crippen LogP contribution in [0.15, 0.2) is 24.3 Å². The summed E-state index contributed by atoms with van der Waals surface area (Å²) in [6.45, 7) is 5.29. The van der Waals surface area contributed by atoms with Gasteiger partial charge in [0.05, 0.1) is 0 Å². The summed E-state index contributed by atoms with van der Waals surface area (Å²) < 4.78 is 6.11. The van der Waals surface area contributed by atoms with Crippen LogP contribution in [0.5, 0.6) is 5.75 Å². The lowest BCUT2D eigenvalue weighted by molar-refractivity contribution is 0.174. The average molecular weight is 219 g/mol. The molecule has 1 aromatic rings. The Morgan fingerprint density at radius 3 is 2.88 bits per heavy atom. The van der Waals surface area contributed by atoms with Crippen molar-refractivity contribution >= 4 is 0 Å². The van der Waals surface area contributed by atoms with Crippen LogP contribution in [0.3, 0.4) is 0 Å². The van der Waals surface area contributed by atoms with Gasteiger partial charge in [-0.05, 0) is 44.4 Å². The van der Waals surface area contributed by atoms with Gasteiger partial charge in [-0.1, -0.05) is 25.1 Å². The van der Waals surface area contributed by atoms with Crippen molar-refractivity contribution in [2.24, 2.45) is 0 Å². The summed E-state index contributed by atoms with van der Waals surface area (Å²) in [5.41, 5.74) is 1.23. The zero-order valence-corrected chi connectivity index (χ0v) is 10.2. The minimum atomic E-state index is 0.348. The molecular formula is C14H21NO. The fourth-order valence-electron chi connectivity index (χ4n) is 2.41. The average Bonchev–Trinajstić information content (AvgIpc) is 2.70. The lowest BCUT2D eigenvalue weighted by Gasteiger charge is -2.22. The van der Waals surface area contributed by atoms with Crippen LogP contribution >= 0.6 is 0 Å². The van der Waals surface area contributed by atoms with Gasteiger partial charge in [0.25, 0.3) is 0 Å². The third-order valence-electron chi connectivity index (χ3n) is 3.29. The van der Waals surface area contributed by atoms with Crippen LogP contribution in [0.2, 0.25) is 0 Å². The highest BCUT2D eigenvalue weighted by molar-refractivity contribution is 5.32. The first-order valence-corrected chi connectivity index (χ1v) is 6.27.